The molecule has 1 N–H and O–H groups in total. The SMILES string of the molecule is O=C(NCC1CC(=O)N(c2ccccc2)C1)c1cnccn1. The maximum absolute atomic E-state index is 12.1. The minimum Gasteiger partial charge on any atom is -0.350 e. The summed E-state index contributed by atoms with van der Waals surface area (Å²) in [5, 5.41) is 2.81. The largest absolute Gasteiger partial charge is 0.350 e. The molecule has 1 aliphatic rings. The van der Waals surface area contributed by atoms with Crippen molar-refractivity contribution in [3.8, 4) is 0 Å². The van der Waals surface area contributed by atoms with Gasteiger partial charge in [0.15, 0.2) is 0 Å². The van der Waals surface area contributed by atoms with E-state index in [4.69, 9.17) is 0 Å². The highest BCUT2D eigenvalue weighted by atomic mass is 16.2. The van der Waals surface area contributed by atoms with E-state index in [1.54, 1.807) is 4.90 Å². The van der Waals surface area contributed by atoms with Crippen LogP contribution in [0.5, 0.6) is 0 Å². The molecular weight excluding hydrogens is 280 g/mol. The van der Waals surface area contributed by atoms with E-state index in [1.165, 1.54) is 18.6 Å². The number of rotatable bonds is 4. The zero-order valence-electron chi connectivity index (χ0n) is 12.0. The van der Waals surface area contributed by atoms with Gasteiger partial charge in [-0.05, 0) is 12.1 Å². The van der Waals surface area contributed by atoms with E-state index in [-0.39, 0.29) is 23.4 Å². The fourth-order valence-corrected chi connectivity index (χ4v) is 2.52. The second-order valence-electron chi connectivity index (χ2n) is 5.21. The average Bonchev–Trinajstić information content (AvgIpc) is 2.95. The number of amides is 2. The van der Waals surface area contributed by atoms with E-state index in [0.29, 0.717) is 19.5 Å². The van der Waals surface area contributed by atoms with Gasteiger partial charge in [0.05, 0.1) is 6.20 Å². The van der Waals surface area contributed by atoms with Crippen molar-refractivity contribution in [1.29, 1.82) is 0 Å². The number of carbonyl (C=O) groups excluding carboxylic acids is 2. The topological polar surface area (TPSA) is 75.2 Å². The van der Waals surface area contributed by atoms with E-state index < -0.39 is 0 Å². The third kappa shape index (κ3) is 3.11. The van der Waals surface area contributed by atoms with Crippen LogP contribution in [0.1, 0.15) is 16.9 Å². The van der Waals surface area contributed by atoms with Crippen LogP contribution in [0, 0.1) is 5.92 Å². The van der Waals surface area contributed by atoms with Crippen molar-refractivity contribution in [3.05, 3.63) is 54.6 Å². The number of nitrogens with zero attached hydrogens (tertiary/aromatic N) is 3. The highest BCUT2D eigenvalue weighted by Gasteiger charge is 2.30. The van der Waals surface area contributed by atoms with Crippen molar-refractivity contribution >= 4 is 17.5 Å². The van der Waals surface area contributed by atoms with Crippen molar-refractivity contribution in [1.82, 2.24) is 15.3 Å². The molecule has 1 atom stereocenters. The molecule has 0 saturated carbocycles. The van der Waals surface area contributed by atoms with Gasteiger partial charge in [0.25, 0.3) is 5.91 Å². The summed E-state index contributed by atoms with van der Waals surface area (Å²) < 4.78 is 0. The molecule has 0 aliphatic carbocycles. The van der Waals surface area contributed by atoms with Crippen LogP contribution in [0.2, 0.25) is 0 Å². The van der Waals surface area contributed by atoms with Crippen LogP contribution in [0.15, 0.2) is 48.9 Å². The number of hydrogen-bond acceptors (Lipinski definition) is 4. The smallest absolute Gasteiger partial charge is 0.271 e. The van der Waals surface area contributed by atoms with Gasteiger partial charge >= 0.3 is 0 Å². The van der Waals surface area contributed by atoms with Gasteiger partial charge in [0.2, 0.25) is 5.91 Å². The first-order valence-corrected chi connectivity index (χ1v) is 7.13. The zero-order valence-corrected chi connectivity index (χ0v) is 12.0. The molecule has 1 fully saturated rings. The zero-order chi connectivity index (χ0) is 15.4. The Morgan fingerprint density at radius 1 is 1.27 bits per heavy atom. The molecule has 2 heterocycles. The lowest BCUT2D eigenvalue weighted by molar-refractivity contribution is -0.117. The Morgan fingerprint density at radius 2 is 2.09 bits per heavy atom. The van der Waals surface area contributed by atoms with Gasteiger partial charge in [-0.2, -0.15) is 0 Å². The second-order valence-corrected chi connectivity index (χ2v) is 5.21. The first-order chi connectivity index (χ1) is 10.7. The first kappa shape index (κ1) is 14.2. The Morgan fingerprint density at radius 3 is 2.82 bits per heavy atom. The van der Waals surface area contributed by atoms with Crippen LogP contribution >= 0.6 is 0 Å². The van der Waals surface area contributed by atoms with E-state index in [9.17, 15) is 9.59 Å². The van der Waals surface area contributed by atoms with Gasteiger partial charge in [-0.3, -0.25) is 14.6 Å². The maximum Gasteiger partial charge on any atom is 0.271 e. The summed E-state index contributed by atoms with van der Waals surface area (Å²) in [6, 6.07) is 9.57. The summed E-state index contributed by atoms with van der Waals surface area (Å²) in [4.78, 5) is 33.6. The summed E-state index contributed by atoms with van der Waals surface area (Å²) in [6.07, 6.45) is 4.86. The summed E-state index contributed by atoms with van der Waals surface area (Å²) in [7, 11) is 0. The maximum atomic E-state index is 12.1. The predicted molar refractivity (Wildman–Crippen MR) is 81.3 cm³/mol. The molecule has 0 spiro atoms. The first-order valence-electron chi connectivity index (χ1n) is 7.13. The van der Waals surface area contributed by atoms with Crippen LogP contribution in [-0.4, -0.2) is 34.9 Å². The lowest BCUT2D eigenvalue weighted by atomic mass is 10.1. The lowest BCUT2D eigenvalue weighted by Gasteiger charge is -2.16. The van der Waals surface area contributed by atoms with Crippen LogP contribution in [-0.2, 0) is 4.79 Å². The summed E-state index contributed by atoms with van der Waals surface area (Å²) in [5.41, 5.74) is 1.18. The Bertz CT molecular complexity index is 660. The number of para-hydroxylation sites is 1. The molecule has 0 bridgehead atoms. The van der Waals surface area contributed by atoms with Crippen molar-refractivity contribution < 1.29 is 9.59 Å². The number of aromatic nitrogens is 2. The number of nitrogens with one attached hydrogen (secondary N) is 1. The molecule has 2 amide bonds. The Kier molecular flexibility index (Phi) is 4.09. The van der Waals surface area contributed by atoms with Gasteiger partial charge in [0.1, 0.15) is 5.69 Å². The highest BCUT2D eigenvalue weighted by Crippen LogP contribution is 2.24. The number of carbonyl (C=O) groups is 2. The van der Waals surface area contributed by atoms with Gasteiger partial charge in [0, 0.05) is 43.5 Å². The second kappa shape index (κ2) is 6.34. The Hall–Kier alpha value is -2.76. The molecule has 6 heteroatoms. The third-order valence-corrected chi connectivity index (χ3v) is 3.62. The molecule has 1 aromatic carbocycles. The molecule has 1 saturated heterocycles. The molecule has 1 aromatic heterocycles. The van der Waals surface area contributed by atoms with Crippen molar-refractivity contribution in [2.45, 2.75) is 6.42 Å². The van der Waals surface area contributed by atoms with Gasteiger partial charge in [-0.25, -0.2) is 4.98 Å². The molecular formula is C16H16N4O2. The van der Waals surface area contributed by atoms with Gasteiger partial charge < -0.3 is 10.2 Å². The summed E-state index contributed by atoms with van der Waals surface area (Å²) in [6.45, 7) is 1.06. The summed E-state index contributed by atoms with van der Waals surface area (Å²) >= 11 is 0. The van der Waals surface area contributed by atoms with Crippen LogP contribution < -0.4 is 10.2 Å². The van der Waals surface area contributed by atoms with Gasteiger partial charge in [-0.15, -0.1) is 0 Å². The predicted octanol–water partition coefficient (Wildman–Crippen LogP) is 1.26. The van der Waals surface area contributed by atoms with E-state index >= 15 is 0 Å². The Labute approximate surface area is 128 Å². The van der Waals surface area contributed by atoms with E-state index in [2.05, 4.69) is 15.3 Å². The molecule has 0 radical (unpaired) electrons. The fraction of sp³-hybridized carbons (Fsp3) is 0.250. The normalized spacial score (nSPS) is 17.5. The molecule has 3 rings (SSSR count). The molecule has 1 unspecified atom stereocenters. The van der Waals surface area contributed by atoms with Crippen molar-refractivity contribution in [3.63, 3.8) is 0 Å². The van der Waals surface area contributed by atoms with Crippen molar-refractivity contribution in [2.24, 2.45) is 5.92 Å². The molecule has 1 aliphatic heterocycles. The molecule has 22 heavy (non-hydrogen) atoms. The third-order valence-electron chi connectivity index (χ3n) is 3.62. The van der Waals surface area contributed by atoms with E-state index in [0.717, 1.165) is 5.69 Å². The molecule has 112 valence electrons. The number of benzene rings is 1. The highest BCUT2D eigenvalue weighted by molar-refractivity contribution is 5.96. The van der Waals surface area contributed by atoms with Crippen molar-refractivity contribution in [2.75, 3.05) is 18.0 Å². The standard InChI is InChI=1S/C16H16N4O2/c21-15-8-12(11-20(15)13-4-2-1-3-5-13)9-19-16(22)14-10-17-6-7-18-14/h1-7,10,12H,8-9,11H2,(H,19,22). The van der Waals surface area contributed by atoms with Gasteiger partial charge in [-0.1, -0.05) is 18.2 Å². The molecule has 6 nitrogen and oxygen atoms in total. The van der Waals surface area contributed by atoms with Crippen LogP contribution in [0.25, 0.3) is 0 Å². The monoisotopic (exact) mass is 296 g/mol. The minimum absolute atomic E-state index is 0.0879. The number of anilines is 1. The Balaban J connectivity index is 1.57. The minimum atomic E-state index is -0.265. The summed E-state index contributed by atoms with van der Waals surface area (Å²) in [5.74, 6) is -0.0722. The average molecular weight is 296 g/mol. The fourth-order valence-electron chi connectivity index (χ4n) is 2.52. The lowest BCUT2D eigenvalue weighted by Crippen LogP contribution is -2.31. The molecule has 2 aromatic rings. The van der Waals surface area contributed by atoms with E-state index in [1.807, 2.05) is 30.3 Å². The van der Waals surface area contributed by atoms with Crippen LogP contribution in [0.3, 0.4) is 0 Å². The number of hydrogen-bond donors (Lipinski definition) is 1. The quantitative estimate of drug-likeness (QED) is 0.921. The van der Waals surface area contributed by atoms with Crippen LogP contribution in [0.4, 0.5) is 5.69 Å².